The number of nitrogens with zero attached hydrogens (tertiary/aromatic N) is 4. The maximum atomic E-state index is 11.8. The number of methoxy groups -OCH3 is 1. The van der Waals surface area contributed by atoms with E-state index in [1.54, 1.807) is 7.11 Å². The Labute approximate surface area is 211 Å². The van der Waals surface area contributed by atoms with Gasteiger partial charge in [-0.05, 0) is 86.3 Å². The van der Waals surface area contributed by atoms with Crippen LogP contribution >= 0.6 is 0 Å². The summed E-state index contributed by atoms with van der Waals surface area (Å²) in [5.41, 5.74) is 3.53. The summed E-state index contributed by atoms with van der Waals surface area (Å²) < 4.78 is 13.0. The van der Waals surface area contributed by atoms with Gasteiger partial charge in [-0.25, -0.2) is 9.48 Å². The molecule has 1 aliphatic heterocycles. The first kappa shape index (κ1) is 24.2. The molecular formula is C28H34N4O4. The van der Waals surface area contributed by atoms with E-state index >= 15 is 0 Å². The number of ether oxygens (including phenoxy) is 2. The summed E-state index contributed by atoms with van der Waals surface area (Å²) in [6.07, 6.45) is 7.60. The van der Waals surface area contributed by atoms with Crippen LogP contribution in [0.3, 0.4) is 0 Å². The lowest BCUT2D eigenvalue weighted by atomic mass is 9.82. The van der Waals surface area contributed by atoms with Crippen LogP contribution in [0.25, 0.3) is 0 Å². The van der Waals surface area contributed by atoms with Crippen molar-refractivity contribution >= 4 is 11.7 Å². The average molecular weight is 491 g/mol. The van der Waals surface area contributed by atoms with E-state index in [4.69, 9.17) is 9.47 Å². The Morgan fingerprint density at radius 2 is 1.67 bits per heavy atom. The van der Waals surface area contributed by atoms with Crippen LogP contribution in [-0.2, 0) is 6.54 Å². The highest BCUT2D eigenvalue weighted by Gasteiger charge is 2.28. The minimum atomic E-state index is -1.13. The largest absolute Gasteiger partial charge is 0.497 e. The Bertz CT molecular complexity index is 1150. The molecule has 1 saturated carbocycles. The monoisotopic (exact) mass is 490 g/mol. The molecule has 0 unspecified atom stereocenters. The number of hydrogen-bond acceptors (Lipinski definition) is 6. The number of aromatic carboxylic acids is 1. The number of rotatable bonds is 8. The molecule has 0 bridgehead atoms. The molecule has 1 N–H and O–H groups in total. The average Bonchev–Trinajstić information content (AvgIpc) is 3.32. The lowest BCUT2D eigenvalue weighted by molar-refractivity contribution is 0.0676. The smallest absolute Gasteiger partial charge is 0.362 e. The van der Waals surface area contributed by atoms with Gasteiger partial charge in [0, 0.05) is 18.8 Å². The molecule has 190 valence electrons. The zero-order chi connectivity index (χ0) is 24.9. The molecule has 1 aromatic heterocycles. The summed E-state index contributed by atoms with van der Waals surface area (Å²) >= 11 is 0. The number of piperidine rings is 1. The van der Waals surface area contributed by atoms with Crippen molar-refractivity contribution in [3.8, 4) is 11.6 Å². The van der Waals surface area contributed by atoms with E-state index in [-0.39, 0.29) is 17.7 Å². The van der Waals surface area contributed by atoms with Crippen LogP contribution in [-0.4, -0.2) is 52.4 Å². The van der Waals surface area contributed by atoms with E-state index in [0.29, 0.717) is 12.5 Å². The predicted molar refractivity (Wildman–Crippen MR) is 137 cm³/mol. The van der Waals surface area contributed by atoms with Crippen molar-refractivity contribution in [1.29, 1.82) is 0 Å². The molecule has 0 amide bonds. The van der Waals surface area contributed by atoms with Crippen molar-refractivity contribution in [3.63, 3.8) is 0 Å². The van der Waals surface area contributed by atoms with Crippen LogP contribution < -0.4 is 14.4 Å². The molecule has 8 heteroatoms. The van der Waals surface area contributed by atoms with E-state index in [1.807, 2.05) is 24.3 Å². The summed E-state index contributed by atoms with van der Waals surface area (Å²) in [6.45, 7) is 2.69. The first-order valence-corrected chi connectivity index (χ1v) is 12.9. The van der Waals surface area contributed by atoms with Crippen LogP contribution in [0, 0.1) is 0 Å². The van der Waals surface area contributed by atoms with Gasteiger partial charge in [-0.3, -0.25) is 0 Å². The zero-order valence-electron chi connectivity index (χ0n) is 20.8. The Morgan fingerprint density at radius 1 is 0.972 bits per heavy atom. The molecule has 2 aliphatic rings. The SMILES string of the molecule is COc1ccc(Cn2nnc(C(=O)O)c2OC2CCC(c3ccc(N4CCCCC4)cc3)CC2)cc1. The van der Waals surface area contributed by atoms with Crippen molar-refractivity contribution in [1.82, 2.24) is 15.0 Å². The third-order valence-electron chi connectivity index (χ3n) is 7.42. The van der Waals surface area contributed by atoms with Gasteiger partial charge in [0.05, 0.1) is 13.7 Å². The van der Waals surface area contributed by atoms with E-state index in [2.05, 4.69) is 39.5 Å². The third-order valence-corrected chi connectivity index (χ3v) is 7.42. The number of aromatic nitrogens is 3. The maximum absolute atomic E-state index is 11.8. The quantitative estimate of drug-likeness (QED) is 0.468. The van der Waals surface area contributed by atoms with Gasteiger partial charge in [-0.1, -0.05) is 29.5 Å². The first-order chi connectivity index (χ1) is 17.6. The first-order valence-electron chi connectivity index (χ1n) is 12.9. The second kappa shape index (κ2) is 11.0. The molecular weight excluding hydrogens is 456 g/mol. The molecule has 0 radical (unpaired) electrons. The van der Waals surface area contributed by atoms with Crippen LogP contribution in [0.5, 0.6) is 11.6 Å². The van der Waals surface area contributed by atoms with Crippen LogP contribution in [0.4, 0.5) is 5.69 Å². The van der Waals surface area contributed by atoms with Gasteiger partial charge in [-0.15, -0.1) is 5.10 Å². The van der Waals surface area contributed by atoms with Crippen molar-refractivity contribution < 1.29 is 19.4 Å². The van der Waals surface area contributed by atoms with Gasteiger partial charge in [-0.2, -0.15) is 0 Å². The highest BCUT2D eigenvalue weighted by Crippen LogP contribution is 2.36. The molecule has 2 aromatic carbocycles. The van der Waals surface area contributed by atoms with Crippen LogP contribution in [0.2, 0.25) is 0 Å². The van der Waals surface area contributed by atoms with Crippen molar-refractivity contribution in [2.24, 2.45) is 0 Å². The Kier molecular flexibility index (Phi) is 7.39. The minimum absolute atomic E-state index is 0.0555. The summed E-state index contributed by atoms with van der Waals surface area (Å²) in [4.78, 5) is 14.3. The third kappa shape index (κ3) is 5.48. The van der Waals surface area contributed by atoms with Crippen molar-refractivity contribution in [3.05, 3.63) is 65.4 Å². The fraction of sp³-hybridized carbons (Fsp3) is 0.464. The van der Waals surface area contributed by atoms with E-state index in [9.17, 15) is 9.90 Å². The molecule has 3 aromatic rings. The fourth-order valence-corrected chi connectivity index (χ4v) is 5.34. The second-order valence-electron chi connectivity index (χ2n) is 9.78. The number of hydrogen-bond donors (Lipinski definition) is 1. The number of benzene rings is 2. The Hall–Kier alpha value is -3.55. The maximum Gasteiger partial charge on any atom is 0.362 e. The van der Waals surface area contributed by atoms with Crippen molar-refractivity contribution in [2.75, 3.05) is 25.1 Å². The summed E-state index contributed by atoms with van der Waals surface area (Å²) in [6, 6.07) is 16.7. The predicted octanol–water partition coefficient (Wildman–Crippen LogP) is 5.13. The number of anilines is 1. The molecule has 8 nitrogen and oxygen atoms in total. The second-order valence-corrected chi connectivity index (χ2v) is 9.78. The molecule has 2 fully saturated rings. The summed E-state index contributed by atoms with van der Waals surface area (Å²) in [5, 5.41) is 17.6. The molecule has 36 heavy (non-hydrogen) atoms. The van der Waals surface area contributed by atoms with Crippen molar-refractivity contribution in [2.45, 2.75) is 63.5 Å². The highest BCUT2D eigenvalue weighted by atomic mass is 16.5. The topological polar surface area (TPSA) is 89.7 Å². The Morgan fingerprint density at radius 3 is 2.31 bits per heavy atom. The number of carboxylic acids is 1. The van der Waals surface area contributed by atoms with Crippen LogP contribution in [0.15, 0.2) is 48.5 Å². The highest BCUT2D eigenvalue weighted by molar-refractivity contribution is 5.87. The molecule has 0 spiro atoms. The van der Waals surface area contributed by atoms with E-state index in [0.717, 1.165) is 50.1 Å². The lowest BCUT2D eigenvalue weighted by Crippen LogP contribution is -2.29. The standard InChI is InChI=1S/C28H34N4O4/c1-35-24-13-5-20(6-14-24)19-32-27(26(28(33)34)29-30-32)36-25-15-9-22(10-16-25)21-7-11-23(12-8-21)31-17-3-2-4-18-31/h5-8,11-14,22,25H,2-4,9-10,15-19H2,1H3,(H,33,34). The molecule has 1 saturated heterocycles. The van der Waals surface area contributed by atoms with Gasteiger partial charge >= 0.3 is 5.97 Å². The fourth-order valence-electron chi connectivity index (χ4n) is 5.34. The van der Waals surface area contributed by atoms with Gasteiger partial charge in [0.15, 0.2) is 0 Å². The van der Waals surface area contributed by atoms with Gasteiger partial charge < -0.3 is 19.5 Å². The lowest BCUT2D eigenvalue weighted by Gasteiger charge is -2.31. The number of carbonyl (C=O) groups is 1. The molecule has 2 heterocycles. The van der Waals surface area contributed by atoms with E-state index in [1.165, 1.54) is 35.2 Å². The molecule has 1 aliphatic carbocycles. The van der Waals surface area contributed by atoms with Gasteiger partial charge in [0.25, 0.3) is 0 Å². The van der Waals surface area contributed by atoms with Gasteiger partial charge in [0.2, 0.25) is 11.6 Å². The normalized spacial score (nSPS) is 20.2. The Balaban J connectivity index is 1.21. The minimum Gasteiger partial charge on any atom is -0.497 e. The molecule has 0 atom stereocenters. The summed E-state index contributed by atoms with van der Waals surface area (Å²) in [7, 11) is 1.62. The van der Waals surface area contributed by atoms with Gasteiger partial charge in [0.1, 0.15) is 11.9 Å². The van der Waals surface area contributed by atoms with E-state index < -0.39 is 5.97 Å². The molecule has 5 rings (SSSR count). The van der Waals surface area contributed by atoms with Crippen LogP contribution in [0.1, 0.15) is 72.5 Å². The zero-order valence-corrected chi connectivity index (χ0v) is 20.8. The number of carboxylic acid groups (broad SMARTS) is 1. The summed E-state index contributed by atoms with van der Waals surface area (Å²) in [5.74, 6) is 0.362.